The number of nitrogens with zero attached hydrogens (tertiary/aromatic N) is 1. The molecule has 0 saturated heterocycles. The molecule has 2 nitrogen and oxygen atoms in total. The van der Waals surface area contributed by atoms with Crippen molar-refractivity contribution in [3.8, 4) is 22.4 Å². The summed E-state index contributed by atoms with van der Waals surface area (Å²) in [6, 6.07) is 41.5. The normalized spacial score (nSPS) is 11.8. The van der Waals surface area contributed by atoms with Crippen LogP contribution in [0.15, 0.2) is 126 Å². The van der Waals surface area contributed by atoms with Crippen molar-refractivity contribution in [1.29, 1.82) is 0 Å². The van der Waals surface area contributed by atoms with Gasteiger partial charge < -0.3 is 4.42 Å². The Kier molecular flexibility index (Phi) is 4.68. The molecular weight excluding hydrogens is 474 g/mol. The van der Waals surface area contributed by atoms with Crippen LogP contribution < -0.4 is 4.57 Å². The molecule has 0 N–H and O–H groups in total. The van der Waals surface area contributed by atoms with E-state index in [0.29, 0.717) is 0 Å². The lowest BCUT2D eigenvalue weighted by Crippen LogP contribution is -2.30. The van der Waals surface area contributed by atoms with E-state index in [1.165, 1.54) is 43.4 Å². The second-order valence-corrected chi connectivity index (χ2v) is 10.5. The van der Waals surface area contributed by atoms with Gasteiger partial charge in [-0.25, -0.2) is 4.57 Å². The van der Waals surface area contributed by atoms with Crippen molar-refractivity contribution in [3.63, 3.8) is 0 Å². The van der Waals surface area contributed by atoms with Gasteiger partial charge in [-0.15, -0.1) is 0 Å². The van der Waals surface area contributed by atoms with E-state index in [1.807, 2.05) is 0 Å². The molecule has 0 amide bonds. The predicted molar refractivity (Wildman–Crippen MR) is 163 cm³/mol. The van der Waals surface area contributed by atoms with Crippen molar-refractivity contribution in [1.82, 2.24) is 0 Å². The minimum Gasteiger partial charge on any atom is -0.454 e. The summed E-state index contributed by atoms with van der Waals surface area (Å²) in [4.78, 5) is 0. The van der Waals surface area contributed by atoms with Gasteiger partial charge in [-0.3, -0.25) is 0 Å². The highest BCUT2D eigenvalue weighted by atomic mass is 16.3. The molecule has 184 valence electrons. The van der Waals surface area contributed by atoms with E-state index in [1.54, 1.807) is 0 Å². The zero-order chi connectivity index (χ0) is 26.1. The summed E-state index contributed by atoms with van der Waals surface area (Å²) in [6.45, 7) is 2.16. The van der Waals surface area contributed by atoms with Crippen molar-refractivity contribution in [2.24, 2.45) is 7.05 Å². The Morgan fingerprint density at radius 3 is 2.08 bits per heavy atom. The highest BCUT2D eigenvalue weighted by Gasteiger charge is 2.22. The lowest BCUT2D eigenvalue weighted by molar-refractivity contribution is -0.660. The lowest BCUT2D eigenvalue weighted by Gasteiger charge is -2.14. The summed E-state index contributed by atoms with van der Waals surface area (Å²) >= 11 is 0. The SMILES string of the molecule is Cc1ccc2c(oc3c(-c4cc5ccccc5c5c4ccc4ccccc45)cccc32)c1-c1cccc[n+]1C. The average Bonchev–Trinajstić information content (AvgIpc) is 3.36. The molecule has 2 aromatic heterocycles. The van der Waals surface area contributed by atoms with Crippen molar-refractivity contribution in [3.05, 3.63) is 127 Å². The van der Waals surface area contributed by atoms with E-state index in [9.17, 15) is 0 Å². The van der Waals surface area contributed by atoms with Crippen molar-refractivity contribution in [2.75, 3.05) is 0 Å². The van der Waals surface area contributed by atoms with Crippen molar-refractivity contribution in [2.45, 2.75) is 6.92 Å². The van der Waals surface area contributed by atoms with Crippen LogP contribution in [0.4, 0.5) is 0 Å². The smallest absolute Gasteiger partial charge is 0.216 e. The Balaban J connectivity index is 1.51. The summed E-state index contributed by atoms with van der Waals surface area (Å²) in [5.41, 5.74) is 7.68. The number of aromatic nitrogens is 1. The maximum Gasteiger partial charge on any atom is 0.216 e. The van der Waals surface area contributed by atoms with Crippen LogP contribution in [-0.2, 0) is 7.05 Å². The van der Waals surface area contributed by atoms with Gasteiger partial charge in [0.2, 0.25) is 5.69 Å². The third-order valence-electron chi connectivity index (χ3n) is 8.23. The summed E-state index contributed by atoms with van der Waals surface area (Å²) in [5, 5.41) is 9.87. The number of hydrogen-bond donors (Lipinski definition) is 0. The minimum absolute atomic E-state index is 0.933. The quantitative estimate of drug-likeness (QED) is 0.171. The zero-order valence-corrected chi connectivity index (χ0v) is 21.9. The van der Waals surface area contributed by atoms with Gasteiger partial charge in [-0.05, 0) is 62.5 Å². The van der Waals surface area contributed by atoms with Crippen LogP contribution in [0, 0.1) is 6.92 Å². The Bertz CT molecular complexity index is 2240. The van der Waals surface area contributed by atoms with Crippen LogP contribution >= 0.6 is 0 Å². The molecule has 2 heterocycles. The van der Waals surface area contributed by atoms with Gasteiger partial charge in [0.05, 0.1) is 5.56 Å². The van der Waals surface area contributed by atoms with Crippen LogP contribution in [0.5, 0.6) is 0 Å². The summed E-state index contributed by atoms with van der Waals surface area (Å²) < 4.78 is 9.06. The molecule has 0 saturated carbocycles. The summed E-state index contributed by atoms with van der Waals surface area (Å²) in [7, 11) is 2.09. The molecular formula is C37H26NO+. The number of para-hydroxylation sites is 1. The number of benzene rings is 6. The van der Waals surface area contributed by atoms with E-state index in [0.717, 1.165) is 38.8 Å². The van der Waals surface area contributed by atoms with Gasteiger partial charge >= 0.3 is 0 Å². The fourth-order valence-corrected chi connectivity index (χ4v) is 6.37. The number of hydrogen-bond acceptors (Lipinski definition) is 1. The van der Waals surface area contributed by atoms with Gasteiger partial charge in [0.25, 0.3) is 0 Å². The molecule has 0 aliphatic rings. The first kappa shape index (κ1) is 22.1. The summed E-state index contributed by atoms with van der Waals surface area (Å²) in [6.07, 6.45) is 2.09. The fourth-order valence-electron chi connectivity index (χ4n) is 6.37. The molecule has 6 aromatic carbocycles. The molecule has 0 bridgehead atoms. The van der Waals surface area contributed by atoms with Gasteiger partial charge in [0.15, 0.2) is 6.20 Å². The van der Waals surface area contributed by atoms with Crippen LogP contribution in [0.2, 0.25) is 0 Å². The second-order valence-electron chi connectivity index (χ2n) is 10.5. The Morgan fingerprint density at radius 2 is 1.23 bits per heavy atom. The fraction of sp³-hybridized carbons (Fsp3) is 0.0541. The summed E-state index contributed by atoms with van der Waals surface area (Å²) in [5.74, 6) is 0. The molecule has 0 fully saturated rings. The van der Waals surface area contributed by atoms with Gasteiger partial charge in [0.1, 0.15) is 18.2 Å². The first-order valence-corrected chi connectivity index (χ1v) is 13.4. The zero-order valence-electron chi connectivity index (χ0n) is 21.9. The molecule has 0 spiro atoms. The predicted octanol–water partition coefficient (Wildman–Crippen LogP) is 9.51. The number of rotatable bonds is 2. The van der Waals surface area contributed by atoms with Crippen LogP contribution in [0.1, 0.15) is 5.56 Å². The Morgan fingerprint density at radius 1 is 0.538 bits per heavy atom. The van der Waals surface area contributed by atoms with Crippen molar-refractivity contribution < 1.29 is 8.98 Å². The number of aryl methyl sites for hydroxylation is 2. The van der Waals surface area contributed by atoms with Gasteiger partial charge in [0, 0.05) is 28.5 Å². The third-order valence-corrected chi connectivity index (χ3v) is 8.23. The maximum atomic E-state index is 6.89. The van der Waals surface area contributed by atoms with E-state index < -0.39 is 0 Å². The lowest BCUT2D eigenvalue weighted by atomic mass is 9.90. The first-order valence-electron chi connectivity index (χ1n) is 13.4. The highest BCUT2D eigenvalue weighted by Crippen LogP contribution is 2.44. The van der Waals surface area contributed by atoms with Gasteiger partial charge in [-0.2, -0.15) is 0 Å². The highest BCUT2D eigenvalue weighted by molar-refractivity contribution is 6.25. The average molecular weight is 501 g/mol. The molecule has 2 heteroatoms. The molecule has 8 aromatic rings. The molecule has 0 aliphatic heterocycles. The topological polar surface area (TPSA) is 17.0 Å². The van der Waals surface area contributed by atoms with E-state index >= 15 is 0 Å². The van der Waals surface area contributed by atoms with Crippen molar-refractivity contribution >= 4 is 54.3 Å². The third kappa shape index (κ3) is 3.18. The van der Waals surface area contributed by atoms with E-state index in [-0.39, 0.29) is 0 Å². The molecule has 0 radical (unpaired) electrons. The second kappa shape index (κ2) is 8.28. The molecule has 8 rings (SSSR count). The molecule has 0 aliphatic carbocycles. The minimum atomic E-state index is 0.933. The number of fused-ring (bicyclic) bond motifs is 8. The van der Waals surface area contributed by atoms with Gasteiger partial charge in [-0.1, -0.05) is 91.0 Å². The monoisotopic (exact) mass is 500 g/mol. The first-order chi connectivity index (χ1) is 19.2. The Labute approximate surface area is 226 Å². The number of pyridine rings is 1. The Hall–Kier alpha value is -4.95. The van der Waals surface area contributed by atoms with Crippen LogP contribution in [-0.4, -0.2) is 0 Å². The van der Waals surface area contributed by atoms with E-state index in [2.05, 4.69) is 140 Å². The molecule has 39 heavy (non-hydrogen) atoms. The number of furan rings is 1. The maximum absolute atomic E-state index is 6.89. The molecule has 0 atom stereocenters. The van der Waals surface area contributed by atoms with E-state index in [4.69, 9.17) is 4.42 Å². The molecule has 0 unspecified atom stereocenters. The van der Waals surface area contributed by atoms with Crippen LogP contribution in [0.3, 0.4) is 0 Å². The largest absolute Gasteiger partial charge is 0.454 e. The van der Waals surface area contributed by atoms with Crippen LogP contribution in [0.25, 0.3) is 76.6 Å². The standard InChI is InChI=1S/C37H26NO/c1-23-17-19-31-29-14-9-15-30(36(29)39-37(31)34(23)33-16-7-8-21-38(33)2)32-22-25-11-4-6-13-27(25)35-26-12-5-3-10-24(26)18-20-28(32)35/h3-22H,1-2H3/q+1.